The predicted octanol–water partition coefficient (Wildman–Crippen LogP) is 5.35. The average Bonchev–Trinajstić information content (AvgIpc) is 2.82. The summed E-state index contributed by atoms with van der Waals surface area (Å²) in [5.74, 6) is 0.812. The molecule has 5 rings (SSSR count). The van der Waals surface area contributed by atoms with Crippen LogP contribution in [0.4, 0.5) is 0 Å². The Morgan fingerprint density at radius 3 is 2.34 bits per heavy atom. The fraction of sp³-hybridized carbons (Fsp3) is 0.185. The van der Waals surface area contributed by atoms with Gasteiger partial charge in [0.15, 0.2) is 0 Å². The molecular formula is C27H22N2O3. The molecule has 0 unspecified atom stereocenters. The van der Waals surface area contributed by atoms with Gasteiger partial charge in [-0.3, -0.25) is 4.79 Å². The van der Waals surface area contributed by atoms with Crippen LogP contribution in [0.3, 0.4) is 0 Å². The fourth-order valence-electron chi connectivity index (χ4n) is 4.35. The zero-order valence-electron chi connectivity index (χ0n) is 17.7. The molecule has 0 saturated heterocycles. The van der Waals surface area contributed by atoms with Gasteiger partial charge in [-0.25, -0.2) is 0 Å². The van der Waals surface area contributed by atoms with Crippen molar-refractivity contribution in [1.29, 1.82) is 5.26 Å². The number of rotatable bonds is 4. The highest BCUT2D eigenvalue weighted by Gasteiger charge is 2.34. The highest BCUT2D eigenvalue weighted by Crippen LogP contribution is 2.40. The van der Waals surface area contributed by atoms with E-state index in [1.807, 2.05) is 54.6 Å². The van der Waals surface area contributed by atoms with Gasteiger partial charge in [-0.05, 0) is 36.5 Å². The van der Waals surface area contributed by atoms with Gasteiger partial charge in [0, 0.05) is 17.2 Å². The lowest BCUT2D eigenvalue weighted by Gasteiger charge is -2.38. The largest absolute Gasteiger partial charge is 0.495 e. The Balaban J connectivity index is 1.77. The highest BCUT2D eigenvalue weighted by atomic mass is 16.5. The van der Waals surface area contributed by atoms with E-state index in [9.17, 15) is 10.1 Å². The van der Waals surface area contributed by atoms with Crippen LogP contribution in [0.2, 0.25) is 0 Å². The average molecular weight is 422 g/mol. The number of nitrogens with zero attached hydrogens (tertiary/aromatic N) is 1. The Kier molecular flexibility index (Phi) is 4.80. The molecule has 4 aromatic rings. The maximum atomic E-state index is 13.7. The van der Waals surface area contributed by atoms with Crippen molar-refractivity contribution >= 4 is 11.0 Å². The van der Waals surface area contributed by atoms with E-state index in [-0.39, 0.29) is 11.0 Å². The van der Waals surface area contributed by atoms with Gasteiger partial charge in [0.05, 0.1) is 23.6 Å². The first-order chi connectivity index (χ1) is 15.5. The van der Waals surface area contributed by atoms with E-state index in [0.717, 1.165) is 36.0 Å². The van der Waals surface area contributed by atoms with E-state index < -0.39 is 0 Å². The molecule has 5 heteroatoms. The normalized spacial score (nSPS) is 14.5. The zero-order valence-corrected chi connectivity index (χ0v) is 17.7. The number of hydrogen-bond donors (Lipinski definition) is 1. The molecule has 5 nitrogen and oxygen atoms in total. The van der Waals surface area contributed by atoms with Crippen LogP contribution in [0, 0.1) is 11.3 Å². The van der Waals surface area contributed by atoms with E-state index >= 15 is 0 Å². The second-order valence-corrected chi connectivity index (χ2v) is 8.25. The molecule has 0 amide bonds. The van der Waals surface area contributed by atoms with Crippen molar-refractivity contribution in [3.8, 4) is 34.3 Å². The van der Waals surface area contributed by atoms with Crippen molar-refractivity contribution in [3.05, 3.63) is 88.1 Å². The first-order valence-corrected chi connectivity index (χ1v) is 10.6. The molecule has 0 spiro atoms. The maximum absolute atomic E-state index is 13.7. The van der Waals surface area contributed by atoms with Crippen molar-refractivity contribution in [2.24, 2.45) is 5.73 Å². The molecule has 1 fully saturated rings. The minimum atomic E-state index is -0.268. The third-order valence-electron chi connectivity index (χ3n) is 6.36. The van der Waals surface area contributed by atoms with Gasteiger partial charge in [-0.1, -0.05) is 54.6 Å². The molecular weight excluding hydrogens is 400 g/mol. The van der Waals surface area contributed by atoms with Gasteiger partial charge in [0.1, 0.15) is 23.2 Å². The molecule has 1 aromatic heterocycles. The monoisotopic (exact) mass is 422 g/mol. The molecule has 2 N–H and O–H groups in total. The van der Waals surface area contributed by atoms with Crippen LogP contribution in [0.5, 0.6) is 5.75 Å². The first-order valence-electron chi connectivity index (χ1n) is 10.6. The summed E-state index contributed by atoms with van der Waals surface area (Å²) >= 11 is 0. The number of ether oxygens (including phenoxy) is 1. The van der Waals surface area contributed by atoms with Gasteiger partial charge in [0.25, 0.3) is 0 Å². The Morgan fingerprint density at radius 1 is 1.03 bits per heavy atom. The second kappa shape index (κ2) is 7.67. The fourth-order valence-corrected chi connectivity index (χ4v) is 4.35. The van der Waals surface area contributed by atoms with E-state index in [1.54, 1.807) is 12.1 Å². The number of nitriles is 1. The molecule has 158 valence electrons. The lowest BCUT2D eigenvalue weighted by molar-refractivity contribution is 0.253. The van der Waals surface area contributed by atoms with Gasteiger partial charge < -0.3 is 14.9 Å². The molecule has 0 aliphatic heterocycles. The van der Waals surface area contributed by atoms with Crippen LogP contribution < -0.4 is 15.9 Å². The summed E-state index contributed by atoms with van der Waals surface area (Å²) < 4.78 is 11.6. The lowest BCUT2D eigenvalue weighted by Crippen LogP contribution is -2.43. The Hall–Kier alpha value is -3.88. The molecule has 3 aromatic carbocycles. The topological polar surface area (TPSA) is 89.2 Å². The Labute approximate surface area is 185 Å². The van der Waals surface area contributed by atoms with Crippen molar-refractivity contribution in [2.45, 2.75) is 24.8 Å². The van der Waals surface area contributed by atoms with Gasteiger partial charge in [-0.15, -0.1) is 0 Å². The van der Waals surface area contributed by atoms with Crippen molar-refractivity contribution in [2.75, 3.05) is 7.11 Å². The number of methoxy groups -OCH3 is 1. The summed E-state index contributed by atoms with van der Waals surface area (Å²) in [6, 6.07) is 22.6. The van der Waals surface area contributed by atoms with E-state index in [0.29, 0.717) is 33.6 Å². The van der Waals surface area contributed by atoms with E-state index in [1.165, 1.54) is 7.11 Å². The summed E-state index contributed by atoms with van der Waals surface area (Å²) in [6.07, 6.45) is 3.08. The van der Waals surface area contributed by atoms with Crippen LogP contribution in [-0.2, 0) is 5.54 Å². The van der Waals surface area contributed by atoms with Crippen molar-refractivity contribution in [1.82, 2.24) is 0 Å². The minimum Gasteiger partial charge on any atom is -0.495 e. The van der Waals surface area contributed by atoms with Gasteiger partial charge >= 0.3 is 0 Å². The summed E-state index contributed by atoms with van der Waals surface area (Å²) in [6.45, 7) is 0. The third-order valence-corrected chi connectivity index (χ3v) is 6.36. The Bertz CT molecular complexity index is 1410. The summed E-state index contributed by atoms with van der Waals surface area (Å²) in [4.78, 5) is 13.7. The van der Waals surface area contributed by atoms with Crippen LogP contribution in [-0.4, -0.2) is 7.11 Å². The third kappa shape index (κ3) is 3.17. The van der Waals surface area contributed by atoms with Crippen LogP contribution >= 0.6 is 0 Å². The zero-order chi connectivity index (χ0) is 22.3. The van der Waals surface area contributed by atoms with E-state index in [4.69, 9.17) is 14.9 Å². The van der Waals surface area contributed by atoms with Crippen molar-refractivity contribution < 1.29 is 9.15 Å². The molecule has 1 heterocycles. The molecule has 1 saturated carbocycles. The second-order valence-electron chi connectivity index (χ2n) is 8.25. The van der Waals surface area contributed by atoms with E-state index in [2.05, 4.69) is 6.07 Å². The quantitative estimate of drug-likeness (QED) is 0.479. The lowest BCUT2D eigenvalue weighted by atomic mass is 9.72. The van der Waals surface area contributed by atoms with Crippen LogP contribution in [0.1, 0.15) is 30.4 Å². The molecule has 1 aliphatic carbocycles. The summed E-state index contributed by atoms with van der Waals surface area (Å²) in [7, 11) is 1.48. The van der Waals surface area contributed by atoms with Gasteiger partial charge in [0.2, 0.25) is 5.43 Å². The predicted molar refractivity (Wildman–Crippen MR) is 124 cm³/mol. The molecule has 1 aliphatic rings. The van der Waals surface area contributed by atoms with Crippen LogP contribution in [0.25, 0.3) is 33.4 Å². The van der Waals surface area contributed by atoms with Crippen LogP contribution in [0.15, 0.2) is 75.9 Å². The minimum absolute atomic E-state index is 0.174. The number of fused-ring (bicyclic) bond motifs is 1. The number of hydrogen-bond acceptors (Lipinski definition) is 5. The highest BCUT2D eigenvalue weighted by molar-refractivity contribution is 5.90. The summed E-state index contributed by atoms with van der Waals surface area (Å²) in [5.41, 5.74) is 9.80. The molecule has 0 radical (unpaired) electrons. The number of benzene rings is 3. The number of nitrogens with two attached hydrogens (primary N) is 1. The molecule has 0 bridgehead atoms. The molecule has 0 atom stereocenters. The first kappa shape index (κ1) is 20.0. The molecule has 32 heavy (non-hydrogen) atoms. The summed E-state index contributed by atoms with van der Waals surface area (Å²) in [5, 5.41) is 9.82. The smallest absolute Gasteiger partial charge is 0.201 e. The maximum Gasteiger partial charge on any atom is 0.201 e. The standard InChI is InChI=1S/C27H22N2O3/c1-31-22-15-21-23(14-19(22)16-28)32-26(18-6-3-2-4-7-18)24(25(21)30)17-8-10-20(11-9-17)27(29)12-5-13-27/h2-4,6-11,14-15H,5,12-13,29H2,1H3. The van der Waals surface area contributed by atoms with Crippen molar-refractivity contribution in [3.63, 3.8) is 0 Å². The van der Waals surface area contributed by atoms with Gasteiger partial charge in [-0.2, -0.15) is 5.26 Å². The Morgan fingerprint density at radius 2 is 1.75 bits per heavy atom. The SMILES string of the molecule is COc1cc2c(=O)c(-c3ccc(C4(N)CCC4)cc3)c(-c3ccccc3)oc2cc1C#N.